The van der Waals surface area contributed by atoms with Gasteiger partial charge in [0.25, 0.3) is 0 Å². The third-order valence-electron chi connectivity index (χ3n) is 2.42. The van der Waals surface area contributed by atoms with E-state index in [1.807, 2.05) is 0 Å². The maximum atomic E-state index is 10.8. The van der Waals surface area contributed by atoms with Gasteiger partial charge in [0.15, 0.2) is 0 Å². The van der Waals surface area contributed by atoms with Crippen LogP contribution in [0.1, 0.15) is 33.6 Å². The third kappa shape index (κ3) is 8.83. The van der Waals surface area contributed by atoms with Crippen LogP contribution in [-0.4, -0.2) is 35.7 Å². The van der Waals surface area contributed by atoms with E-state index in [1.165, 1.54) is 20.8 Å². The van der Waals surface area contributed by atoms with E-state index in [0.717, 1.165) is 25.9 Å². The Hall–Kier alpha value is -1.27. The fourth-order valence-electron chi connectivity index (χ4n) is 1.42. The lowest BCUT2D eigenvalue weighted by molar-refractivity contribution is -0.148. The first kappa shape index (κ1) is 19.1. The van der Waals surface area contributed by atoms with Crippen molar-refractivity contribution in [2.45, 2.75) is 33.6 Å². The Morgan fingerprint density at radius 3 is 1.44 bits per heavy atom. The molecule has 0 rings (SSSR count). The van der Waals surface area contributed by atoms with E-state index in [9.17, 15) is 14.4 Å². The summed E-state index contributed by atoms with van der Waals surface area (Å²) in [6, 6.07) is 0. The second-order valence-corrected chi connectivity index (χ2v) is 4.11. The van der Waals surface area contributed by atoms with Crippen LogP contribution in [-0.2, 0) is 14.4 Å². The van der Waals surface area contributed by atoms with Crippen molar-refractivity contribution in [1.29, 1.82) is 0 Å². The average Bonchev–Trinajstić information content (AvgIpc) is 2.26. The molecule has 0 aliphatic carbocycles. The number of nitrogens with two attached hydrogens (primary N) is 2. The third-order valence-corrected chi connectivity index (χ3v) is 2.42. The highest BCUT2D eigenvalue weighted by molar-refractivity contribution is 6.03. The molecular formula is C12H24N2O4. The van der Waals surface area contributed by atoms with Gasteiger partial charge in [-0.15, -0.1) is 0 Å². The van der Waals surface area contributed by atoms with Crippen molar-refractivity contribution in [2.75, 3.05) is 13.1 Å². The van der Waals surface area contributed by atoms with Crippen LogP contribution in [0.3, 0.4) is 0 Å². The number of carboxylic acid groups (broad SMARTS) is 1. The molecule has 6 heteroatoms. The van der Waals surface area contributed by atoms with Gasteiger partial charge in [-0.05, 0) is 39.8 Å². The van der Waals surface area contributed by atoms with Crippen LogP contribution in [0.5, 0.6) is 0 Å². The van der Waals surface area contributed by atoms with E-state index >= 15 is 0 Å². The summed E-state index contributed by atoms with van der Waals surface area (Å²) in [5.41, 5.74) is 10.3. The molecule has 0 aromatic heterocycles. The molecule has 106 valence electrons. The van der Waals surface area contributed by atoms with Gasteiger partial charge in [-0.2, -0.15) is 0 Å². The van der Waals surface area contributed by atoms with Crippen LogP contribution in [0.4, 0.5) is 0 Å². The van der Waals surface area contributed by atoms with Crippen LogP contribution in [0.25, 0.3) is 0 Å². The van der Waals surface area contributed by atoms with Gasteiger partial charge >= 0.3 is 5.97 Å². The van der Waals surface area contributed by atoms with Crippen molar-refractivity contribution in [3.63, 3.8) is 0 Å². The molecule has 0 heterocycles. The van der Waals surface area contributed by atoms with Crippen molar-refractivity contribution in [2.24, 2.45) is 23.3 Å². The van der Waals surface area contributed by atoms with Gasteiger partial charge in [-0.3, -0.25) is 14.4 Å². The molecule has 1 atom stereocenters. The fourth-order valence-corrected chi connectivity index (χ4v) is 1.42. The molecule has 0 saturated heterocycles. The molecule has 0 fully saturated rings. The molecule has 0 aromatic rings. The maximum Gasteiger partial charge on any atom is 0.307 e. The molecule has 1 unspecified atom stereocenters. The number of ketones is 2. The molecule has 0 saturated carbocycles. The molecule has 0 aliphatic rings. The quantitative estimate of drug-likeness (QED) is 0.443. The molecule has 18 heavy (non-hydrogen) atoms. The number of hydrogen-bond acceptors (Lipinski definition) is 5. The number of unbranched alkanes of at least 4 members (excludes halogenated alkanes) is 1. The summed E-state index contributed by atoms with van der Waals surface area (Å²) < 4.78 is 0. The van der Waals surface area contributed by atoms with Gasteiger partial charge in [0.1, 0.15) is 11.6 Å². The molecular weight excluding hydrogens is 236 g/mol. The summed E-state index contributed by atoms with van der Waals surface area (Å²) in [7, 11) is 0. The van der Waals surface area contributed by atoms with E-state index in [0.29, 0.717) is 0 Å². The average molecular weight is 260 g/mol. The van der Waals surface area contributed by atoms with Gasteiger partial charge in [0.2, 0.25) is 0 Å². The van der Waals surface area contributed by atoms with Gasteiger partial charge in [-0.1, -0.05) is 6.92 Å². The number of rotatable bonds is 7. The lowest BCUT2D eigenvalue weighted by atomic mass is 9.88. The van der Waals surface area contributed by atoms with Gasteiger partial charge < -0.3 is 16.6 Å². The zero-order chi connectivity index (χ0) is 14.7. The van der Waals surface area contributed by atoms with E-state index in [2.05, 4.69) is 0 Å². The second-order valence-electron chi connectivity index (χ2n) is 4.11. The second kappa shape index (κ2) is 10.9. The Labute approximate surface area is 108 Å². The van der Waals surface area contributed by atoms with Gasteiger partial charge in [0.05, 0.1) is 11.8 Å². The minimum Gasteiger partial charge on any atom is -0.481 e. The SMILES string of the molecule is CC(=O)C(C(C)=O)C(C)C(=O)O.NCCCCN. The predicted octanol–water partition coefficient (Wildman–Crippen LogP) is 0.185. The fraction of sp³-hybridized carbons (Fsp3) is 0.750. The molecule has 0 spiro atoms. The van der Waals surface area contributed by atoms with Gasteiger partial charge in [0, 0.05) is 0 Å². The smallest absolute Gasteiger partial charge is 0.307 e. The van der Waals surface area contributed by atoms with E-state index in [1.54, 1.807) is 0 Å². The summed E-state index contributed by atoms with van der Waals surface area (Å²) in [4.78, 5) is 32.1. The summed E-state index contributed by atoms with van der Waals surface area (Å²) in [5.74, 6) is -3.83. The summed E-state index contributed by atoms with van der Waals surface area (Å²) >= 11 is 0. The zero-order valence-electron chi connectivity index (χ0n) is 11.3. The van der Waals surface area contributed by atoms with Crippen molar-refractivity contribution in [3.8, 4) is 0 Å². The van der Waals surface area contributed by atoms with Crippen molar-refractivity contribution < 1.29 is 19.5 Å². The van der Waals surface area contributed by atoms with Crippen LogP contribution < -0.4 is 11.5 Å². The molecule has 5 N–H and O–H groups in total. The first-order valence-corrected chi connectivity index (χ1v) is 5.93. The molecule has 0 amide bonds. The first-order chi connectivity index (χ1) is 8.29. The Kier molecular flexibility index (Phi) is 11.5. The number of carboxylic acids is 1. The molecule has 0 aromatic carbocycles. The highest BCUT2D eigenvalue weighted by atomic mass is 16.4. The number of Topliss-reactive ketones (excluding diaryl/α,β-unsaturated/α-hetero) is 2. The summed E-state index contributed by atoms with van der Waals surface area (Å²) in [6.07, 6.45) is 2.13. The van der Waals surface area contributed by atoms with Crippen LogP contribution in [0.15, 0.2) is 0 Å². The maximum absolute atomic E-state index is 10.8. The van der Waals surface area contributed by atoms with Gasteiger partial charge in [-0.25, -0.2) is 0 Å². The minimum absolute atomic E-state index is 0.391. The summed E-state index contributed by atoms with van der Waals surface area (Å²) in [5, 5.41) is 8.55. The standard InChI is InChI=1S/C8H12O4.C4H12N2/c1-4(8(11)12)7(5(2)9)6(3)10;5-3-1-2-4-6/h4,7H,1-3H3,(H,11,12);1-6H2. The summed E-state index contributed by atoms with van der Waals surface area (Å²) in [6.45, 7) is 5.36. The molecule has 0 bridgehead atoms. The van der Waals surface area contributed by atoms with E-state index in [4.69, 9.17) is 16.6 Å². The molecule has 0 aliphatic heterocycles. The van der Waals surface area contributed by atoms with Crippen molar-refractivity contribution >= 4 is 17.5 Å². The largest absolute Gasteiger partial charge is 0.481 e. The van der Waals surface area contributed by atoms with Crippen LogP contribution in [0, 0.1) is 11.8 Å². The minimum atomic E-state index is -1.12. The van der Waals surface area contributed by atoms with E-state index in [-0.39, 0.29) is 0 Å². The zero-order valence-corrected chi connectivity index (χ0v) is 11.3. The van der Waals surface area contributed by atoms with E-state index < -0.39 is 29.4 Å². The Balaban J connectivity index is 0. The first-order valence-electron chi connectivity index (χ1n) is 5.93. The highest BCUT2D eigenvalue weighted by Gasteiger charge is 2.30. The Morgan fingerprint density at radius 2 is 1.33 bits per heavy atom. The van der Waals surface area contributed by atoms with Crippen LogP contribution in [0.2, 0.25) is 0 Å². The Morgan fingerprint density at radius 1 is 1.00 bits per heavy atom. The highest BCUT2D eigenvalue weighted by Crippen LogP contribution is 2.13. The lowest BCUT2D eigenvalue weighted by Gasteiger charge is -2.13. The monoisotopic (exact) mass is 260 g/mol. The van der Waals surface area contributed by atoms with Crippen LogP contribution >= 0.6 is 0 Å². The van der Waals surface area contributed by atoms with Crippen molar-refractivity contribution in [1.82, 2.24) is 0 Å². The number of hydrogen-bond donors (Lipinski definition) is 3. The molecule has 0 radical (unpaired) electrons. The van der Waals surface area contributed by atoms with Crippen molar-refractivity contribution in [3.05, 3.63) is 0 Å². The normalized spacial score (nSPS) is 11.4. The lowest BCUT2D eigenvalue weighted by Crippen LogP contribution is -2.31. The number of carbonyl (C=O) groups is 3. The molecule has 6 nitrogen and oxygen atoms in total. The topological polar surface area (TPSA) is 123 Å². The number of aliphatic carboxylic acids is 1. The number of carbonyl (C=O) groups excluding carboxylic acids is 2. The Bertz CT molecular complexity index is 261. The predicted molar refractivity (Wildman–Crippen MR) is 69.0 cm³/mol.